The largest absolute Gasteiger partial charge is 0.497 e. The molecule has 684 valence electrons. The van der Waals surface area contributed by atoms with Gasteiger partial charge < -0.3 is 48.0 Å². The quantitative estimate of drug-likeness (QED) is 0.0436. The summed E-state index contributed by atoms with van der Waals surface area (Å²) in [5.41, 5.74) is -2.11. The SMILES string of the molecule is C=CCN1CCC2(CC1)OCCN2S(=O)(=O)c1ccc(C(C)=O)cc1.CCCCN1CCC2(CC1)OCCN2S(=O)(=O)c1ccc(C(C)=O)cc1.CCN1CCC2(CC1)OCCN2S(=O)(=O)c1ccc(C(C)=O)cc1.CN1CCC2(CC1)OCCN2S(=O)(=O)c1ccc(S(C)(=O)=O)cc1.COc1ccc(S(=O)(=O)N2CCOC23CCN(CC2CC2)CC3)cc1. The number of methoxy groups -OCH3 is 1. The van der Waals surface area contributed by atoms with Crippen molar-refractivity contribution in [3.8, 4) is 5.75 Å². The van der Waals surface area contributed by atoms with Gasteiger partial charge in [0.25, 0.3) is 0 Å². The van der Waals surface area contributed by atoms with E-state index < -0.39 is 88.6 Å². The number of nitrogens with zero attached hydrogens (tertiary/aromatic N) is 10. The van der Waals surface area contributed by atoms with Crippen LogP contribution in [0, 0.1) is 5.92 Å². The maximum absolute atomic E-state index is 13.2. The molecule has 37 heteroatoms. The van der Waals surface area contributed by atoms with Crippen LogP contribution in [0.1, 0.15) is 156 Å². The molecule has 1 saturated carbocycles. The maximum atomic E-state index is 13.2. The Kier molecular flexibility index (Phi) is 31.6. The van der Waals surface area contributed by atoms with Crippen LogP contribution in [0.15, 0.2) is 163 Å². The van der Waals surface area contributed by atoms with Gasteiger partial charge in [-0.05, 0) is 151 Å². The minimum Gasteiger partial charge on any atom is -0.497 e. The Hall–Kier alpha value is -6.25. The number of unbranched alkanes of at least 4 members (excludes halogenated alkanes) is 1. The molecule has 5 aromatic carbocycles. The molecule has 0 aromatic heterocycles. The van der Waals surface area contributed by atoms with Gasteiger partial charge in [-0.2, -0.15) is 21.5 Å². The molecule has 10 aliphatic heterocycles. The molecule has 0 N–H and O–H groups in total. The van der Waals surface area contributed by atoms with E-state index in [-0.39, 0.29) is 41.8 Å². The summed E-state index contributed by atoms with van der Waals surface area (Å²) < 4.78 is 197. The number of ketones is 3. The van der Waals surface area contributed by atoms with Gasteiger partial charge in [0.05, 0.1) is 69.5 Å². The summed E-state index contributed by atoms with van der Waals surface area (Å²) in [5, 5.41) is 0. The molecule has 0 bridgehead atoms. The fraction of sp³-hybridized carbons (Fsp3) is 0.598. The number of ether oxygens (including phenoxy) is 6. The Balaban J connectivity index is 0.000000141. The second-order valence-corrected chi connectivity index (χ2v) is 45.1. The highest BCUT2D eigenvalue weighted by Gasteiger charge is 2.56. The lowest BCUT2D eigenvalue weighted by Crippen LogP contribution is -2.55. The average molecular weight is 1840 g/mol. The van der Waals surface area contributed by atoms with Crippen molar-refractivity contribution in [1.29, 1.82) is 0 Å². The number of benzene rings is 5. The van der Waals surface area contributed by atoms with Gasteiger partial charge in [-0.3, -0.25) is 19.3 Å². The first-order valence-electron chi connectivity index (χ1n) is 43.2. The van der Waals surface area contributed by atoms with E-state index in [0.717, 1.165) is 123 Å². The molecule has 11 aliphatic rings. The number of hydrogen-bond donors (Lipinski definition) is 0. The molecular formula is C87H124N10O21S6. The fourth-order valence-corrected chi connectivity index (χ4v) is 27.4. The number of sulfone groups is 1. The number of carbonyl (C=O) groups is 3. The first-order chi connectivity index (χ1) is 58.8. The third-order valence-electron chi connectivity index (χ3n) is 25.8. The zero-order valence-corrected chi connectivity index (χ0v) is 77.7. The van der Waals surface area contributed by atoms with E-state index in [9.17, 15) is 64.9 Å². The summed E-state index contributed by atoms with van der Waals surface area (Å²) in [5.74, 6) is 1.28. The first-order valence-corrected chi connectivity index (χ1v) is 52.2. The van der Waals surface area contributed by atoms with Gasteiger partial charge >= 0.3 is 0 Å². The lowest BCUT2D eigenvalue weighted by Gasteiger charge is -2.43. The van der Waals surface area contributed by atoms with Crippen molar-refractivity contribution in [2.24, 2.45) is 5.92 Å². The number of Topliss-reactive ketones (excluding diaryl/α,β-unsaturated/α-hetero) is 3. The van der Waals surface area contributed by atoms with Crippen LogP contribution in [-0.4, -0.2) is 320 Å². The lowest BCUT2D eigenvalue weighted by molar-refractivity contribution is -0.0911. The van der Waals surface area contributed by atoms with Crippen molar-refractivity contribution in [1.82, 2.24) is 46.0 Å². The first kappa shape index (κ1) is 96.8. The Morgan fingerprint density at radius 3 is 0.919 bits per heavy atom. The second kappa shape index (κ2) is 40.4. The second-order valence-electron chi connectivity index (χ2n) is 33.8. The average Bonchev–Trinajstić information content (AvgIpc) is 1.54. The Labute approximate surface area is 734 Å². The van der Waals surface area contributed by atoms with E-state index in [2.05, 4.69) is 44.9 Å². The van der Waals surface area contributed by atoms with E-state index >= 15 is 0 Å². The van der Waals surface area contributed by atoms with Gasteiger partial charge in [-0.25, -0.2) is 50.5 Å². The highest BCUT2D eigenvalue weighted by Crippen LogP contribution is 2.45. The van der Waals surface area contributed by atoms with Crippen LogP contribution in [0.3, 0.4) is 0 Å². The van der Waals surface area contributed by atoms with E-state index in [0.29, 0.717) is 144 Å². The third kappa shape index (κ3) is 21.7. The van der Waals surface area contributed by atoms with Crippen molar-refractivity contribution < 1.29 is 93.3 Å². The Morgan fingerprint density at radius 1 is 0.387 bits per heavy atom. The van der Waals surface area contributed by atoms with Gasteiger partial charge in [-0.15, -0.1) is 6.58 Å². The van der Waals surface area contributed by atoms with Gasteiger partial charge in [0.15, 0.2) is 27.2 Å². The van der Waals surface area contributed by atoms with Crippen LogP contribution in [0.4, 0.5) is 0 Å². The topological polar surface area (TPSA) is 344 Å². The Morgan fingerprint density at radius 2 is 0.653 bits per heavy atom. The van der Waals surface area contributed by atoms with Crippen molar-refractivity contribution in [3.05, 3.63) is 151 Å². The van der Waals surface area contributed by atoms with E-state index in [4.69, 9.17) is 28.4 Å². The Bertz CT molecular complexity index is 5230. The molecule has 5 spiro atoms. The maximum Gasteiger partial charge on any atom is 0.245 e. The van der Waals surface area contributed by atoms with E-state index in [1.165, 1.54) is 114 Å². The van der Waals surface area contributed by atoms with E-state index in [1.54, 1.807) is 76.4 Å². The number of piperidine rings is 5. The molecule has 5 aromatic rings. The highest BCUT2D eigenvalue weighted by atomic mass is 32.2. The molecule has 10 heterocycles. The highest BCUT2D eigenvalue weighted by molar-refractivity contribution is 7.91. The summed E-state index contributed by atoms with van der Waals surface area (Å²) in [6, 6.07) is 30.5. The third-order valence-corrected chi connectivity index (χ3v) is 36.8. The van der Waals surface area contributed by atoms with Crippen LogP contribution >= 0.6 is 0 Å². The fourth-order valence-electron chi connectivity index (χ4n) is 18.2. The van der Waals surface area contributed by atoms with Crippen LogP contribution in [-0.2, 0) is 83.6 Å². The van der Waals surface area contributed by atoms with Crippen LogP contribution in [0.5, 0.6) is 5.75 Å². The molecule has 124 heavy (non-hydrogen) atoms. The number of rotatable bonds is 23. The van der Waals surface area contributed by atoms with E-state index in [1.807, 2.05) is 13.1 Å². The number of likely N-dealkylation sites (tertiary alicyclic amines) is 5. The van der Waals surface area contributed by atoms with Crippen LogP contribution < -0.4 is 4.74 Å². The minimum absolute atomic E-state index is 0.0747. The zero-order chi connectivity index (χ0) is 89.3. The standard InChI is InChI=1S/C19H28N2O4S.C18H26N2O4S.C18H24N2O4S.C17H24N2O4S.C15H22N2O5S2/c1-3-4-11-20-12-9-19(10-13-20)21(14-15-25-19)26(23,24)18-7-5-17(6-8-18)16(2)22;1-23-16-4-6-17(7-5-16)25(21,22)20-12-13-24-18(20)8-10-19(11-9-18)14-15-2-3-15;1-3-10-19-11-8-18(9-12-19)20(13-14-24-18)25(22,23)17-6-4-16(5-7-17)15(2)21;1-3-18-10-8-17(9-11-18)19(12-13-23-17)24(21,22)16-6-4-15(5-7-16)14(2)20;1-16-9-7-15(8-10-16)17(11-12-22-15)24(20,21)14-5-3-13(4-6-14)23(2,18)19/h5-8H,3-4,9-15H2,1-2H3;4-7,15H,2-3,8-14H2,1H3;3-7H,1,8-14H2,2H3;4-7H,3,8-13H2,1-2H3;3-6H,7-12H2,1-2H3. The summed E-state index contributed by atoms with van der Waals surface area (Å²) >= 11 is 0. The number of sulfonamides is 5. The van der Waals surface area contributed by atoms with Gasteiger partial charge in [-0.1, -0.05) is 62.7 Å². The predicted octanol–water partition coefficient (Wildman–Crippen LogP) is 8.56. The normalized spacial score (nSPS) is 22.5. The number of carbonyl (C=O) groups excluding carboxylic acids is 3. The zero-order valence-electron chi connectivity index (χ0n) is 72.8. The van der Waals surface area contributed by atoms with Crippen LogP contribution in [0.25, 0.3) is 0 Å². The molecule has 0 radical (unpaired) electrons. The molecule has 31 nitrogen and oxygen atoms in total. The van der Waals surface area contributed by atoms with Crippen molar-refractivity contribution in [2.75, 3.05) is 178 Å². The lowest BCUT2D eigenvalue weighted by atomic mass is 10.0. The molecule has 0 amide bonds. The van der Waals surface area contributed by atoms with Gasteiger partial charge in [0.2, 0.25) is 50.1 Å². The molecular weight excluding hydrogens is 1710 g/mol. The summed E-state index contributed by atoms with van der Waals surface area (Å²) in [7, 11) is -18.0. The van der Waals surface area contributed by atoms with Crippen molar-refractivity contribution in [3.63, 3.8) is 0 Å². The van der Waals surface area contributed by atoms with Crippen LogP contribution in [0.2, 0.25) is 0 Å². The molecule has 11 fully saturated rings. The summed E-state index contributed by atoms with van der Waals surface area (Å²) in [6.45, 7) is 28.7. The molecule has 10 saturated heterocycles. The molecule has 16 rings (SSSR count). The summed E-state index contributed by atoms with van der Waals surface area (Å²) in [4.78, 5) is 46.9. The minimum atomic E-state index is -3.73. The van der Waals surface area contributed by atoms with Gasteiger partial charge in [0.1, 0.15) is 34.4 Å². The number of hydrogen-bond acceptors (Lipinski definition) is 26. The molecule has 1 aliphatic carbocycles. The molecule has 0 atom stereocenters. The van der Waals surface area contributed by atoms with Crippen molar-refractivity contribution >= 4 is 77.3 Å². The predicted molar refractivity (Wildman–Crippen MR) is 468 cm³/mol. The molecule has 0 unspecified atom stereocenters. The monoisotopic (exact) mass is 1840 g/mol. The van der Waals surface area contributed by atoms with Gasteiger partial charge in [0, 0.05) is 198 Å². The summed E-state index contributed by atoms with van der Waals surface area (Å²) in [6.07, 6.45) is 14.8. The van der Waals surface area contributed by atoms with Crippen molar-refractivity contribution in [2.45, 2.75) is 183 Å². The smallest absolute Gasteiger partial charge is 0.245 e.